The fourth-order valence-corrected chi connectivity index (χ4v) is 3.41. The molecule has 2 aromatic heterocycles. The van der Waals surface area contributed by atoms with E-state index < -0.39 is 0 Å². The van der Waals surface area contributed by atoms with Gasteiger partial charge in [-0.25, -0.2) is 9.97 Å². The van der Waals surface area contributed by atoms with E-state index in [2.05, 4.69) is 29.7 Å². The average Bonchev–Trinajstić information content (AvgIpc) is 2.86. The molecule has 2 aromatic carbocycles. The number of anilines is 2. The Labute approximate surface area is 186 Å². The standard InChI is InChI=1S/C24H22N6O2/c1-3-7-19(8-4-1)31-21-11-13-25-23(27-21)29-15-17-30(18-16-29)24-26-14-12-22(28-24)32-20-9-5-2-6-10-20/h1-14H,15-18H2. The van der Waals surface area contributed by atoms with Gasteiger partial charge in [0.05, 0.1) is 0 Å². The Morgan fingerprint density at radius 1 is 0.531 bits per heavy atom. The first-order valence-corrected chi connectivity index (χ1v) is 10.5. The maximum atomic E-state index is 5.84. The highest BCUT2D eigenvalue weighted by Gasteiger charge is 2.21. The minimum absolute atomic E-state index is 0.526. The molecule has 3 heterocycles. The van der Waals surface area contributed by atoms with Crippen molar-refractivity contribution in [3.63, 3.8) is 0 Å². The molecule has 0 atom stereocenters. The summed E-state index contributed by atoms with van der Waals surface area (Å²) >= 11 is 0. The second-order valence-corrected chi connectivity index (χ2v) is 7.19. The van der Waals surface area contributed by atoms with Gasteiger partial charge >= 0.3 is 0 Å². The lowest BCUT2D eigenvalue weighted by atomic mass is 10.3. The van der Waals surface area contributed by atoms with E-state index in [4.69, 9.17) is 9.47 Å². The van der Waals surface area contributed by atoms with E-state index >= 15 is 0 Å². The van der Waals surface area contributed by atoms with E-state index in [1.807, 2.05) is 60.7 Å². The molecule has 0 unspecified atom stereocenters. The normalized spacial score (nSPS) is 13.6. The molecule has 1 fully saturated rings. The summed E-state index contributed by atoms with van der Waals surface area (Å²) in [5.41, 5.74) is 0. The summed E-state index contributed by atoms with van der Waals surface area (Å²) in [6, 6.07) is 22.7. The molecule has 0 aliphatic carbocycles. The van der Waals surface area contributed by atoms with Gasteiger partial charge in [0, 0.05) is 50.7 Å². The van der Waals surface area contributed by atoms with Crippen molar-refractivity contribution in [2.75, 3.05) is 36.0 Å². The second-order valence-electron chi connectivity index (χ2n) is 7.19. The van der Waals surface area contributed by atoms with E-state index in [1.165, 1.54) is 0 Å². The van der Waals surface area contributed by atoms with Crippen LogP contribution in [0.15, 0.2) is 85.2 Å². The summed E-state index contributed by atoms with van der Waals surface area (Å²) in [4.78, 5) is 22.3. The first-order chi connectivity index (χ1) is 15.8. The number of piperazine rings is 1. The molecule has 1 saturated heterocycles. The monoisotopic (exact) mass is 426 g/mol. The average molecular weight is 426 g/mol. The summed E-state index contributed by atoms with van der Waals surface area (Å²) in [6.45, 7) is 3.01. The second kappa shape index (κ2) is 9.30. The number of rotatable bonds is 6. The van der Waals surface area contributed by atoms with Crippen LogP contribution in [0.25, 0.3) is 0 Å². The van der Waals surface area contributed by atoms with Gasteiger partial charge in [-0.2, -0.15) is 9.97 Å². The largest absolute Gasteiger partial charge is 0.439 e. The van der Waals surface area contributed by atoms with Crippen LogP contribution in [-0.2, 0) is 0 Å². The van der Waals surface area contributed by atoms with Crippen molar-refractivity contribution >= 4 is 11.9 Å². The molecule has 32 heavy (non-hydrogen) atoms. The lowest BCUT2D eigenvalue weighted by molar-refractivity contribution is 0.458. The van der Waals surface area contributed by atoms with Crippen molar-refractivity contribution in [2.45, 2.75) is 0 Å². The van der Waals surface area contributed by atoms with Gasteiger partial charge in [0.1, 0.15) is 11.5 Å². The molecule has 1 aliphatic heterocycles. The molecule has 0 bridgehead atoms. The number of nitrogens with zero attached hydrogens (tertiary/aromatic N) is 6. The van der Waals surface area contributed by atoms with Crippen molar-refractivity contribution in [3.05, 3.63) is 85.2 Å². The quantitative estimate of drug-likeness (QED) is 0.455. The van der Waals surface area contributed by atoms with Crippen LogP contribution in [0.5, 0.6) is 23.3 Å². The van der Waals surface area contributed by atoms with Gasteiger partial charge in [0.15, 0.2) is 0 Å². The lowest BCUT2D eigenvalue weighted by Crippen LogP contribution is -2.47. The van der Waals surface area contributed by atoms with Crippen LogP contribution < -0.4 is 19.3 Å². The number of hydrogen-bond acceptors (Lipinski definition) is 8. The topological polar surface area (TPSA) is 76.5 Å². The summed E-state index contributed by atoms with van der Waals surface area (Å²) in [5, 5.41) is 0. The highest BCUT2D eigenvalue weighted by Crippen LogP contribution is 2.23. The van der Waals surface area contributed by atoms with Gasteiger partial charge in [-0.15, -0.1) is 0 Å². The molecule has 8 heteroatoms. The van der Waals surface area contributed by atoms with E-state index in [9.17, 15) is 0 Å². The molecular formula is C24H22N6O2. The van der Waals surface area contributed by atoms with Gasteiger partial charge in [-0.05, 0) is 24.3 Å². The van der Waals surface area contributed by atoms with Crippen LogP contribution in [0.4, 0.5) is 11.9 Å². The van der Waals surface area contributed by atoms with E-state index in [0.717, 1.165) is 37.7 Å². The Kier molecular flexibility index (Phi) is 5.74. The zero-order valence-electron chi connectivity index (χ0n) is 17.4. The molecule has 8 nitrogen and oxygen atoms in total. The number of hydrogen-bond donors (Lipinski definition) is 0. The SMILES string of the molecule is c1ccc(Oc2ccnc(N3CCN(c4nccc(Oc5ccccc5)n4)CC3)n2)cc1. The maximum Gasteiger partial charge on any atom is 0.228 e. The fraction of sp³-hybridized carbons (Fsp3) is 0.167. The molecule has 1 aliphatic rings. The molecular weight excluding hydrogens is 404 g/mol. The lowest BCUT2D eigenvalue weighted by Gasteiger charge is -2.34. The van der Waals surface area contributed by atoms with Crippen molar-refractivity contribution in [2.24, 2.45) is 0 Å². The van der Waals surface area contributed by atoms with Gasteiger partial charge in [0.2, 0.25) is 23.7 Å². The molecule has 0 saturated carbocycles. The fourth-order valence-electron chi connectivity index (χ4n) is 3.41. The predicted octanol–water partition coefficient (Wildman–Crippen LogP) is 4.18. The van der Waals surface area contributed by atoms with Crippen molar-refractivity contribution in [1.82, 2.24) is 19.9 Å². The molecule has 4 aromatic rings. The van der Waals surface area contributed by atoms with Crippen LogP contribution in [0.2, 0.25) is 0 Å². The zero-order chi connectivity index (χ0) is 21.6. The predicted molar refractivity (Wildman–Crippen MR) is 122 cm³/mol. The van der Waals surface area contributed by atoms with Gasteiger partial charge in [-0.1, -0.05) is 36.4 Å². The highest BCUT2D eigenvalue weighted by molar-refractivity contribution is 5.40. The number of benzene rings is 2. The summed E-state index contributed by atoms with van der Waals surface area (Å²) in [7, 11) is 0. The van der Waals surface area contributed by atoms with E-state index in [1.54, 1.807) is 24.5 Å². The van der Waals surface area contributed by atoms with Crippen molar-refractivity contribution < 1.29 is 9.47 Å². The molecule has 5 rings (SSSR count). The summed E-state index contributed by atoms with van der Waals surface area (Å²) in [5.74, 6) is 3.85. The van der Waals surface area contributed by atoms with Crippen LogP contribution in [0, 0.1) is 0 Å². The van der Waals surface area contributed by atoms with Gasteiger partial charge in [0.25, 0.3) is 0 Å². The molecule has 0 amide bonds. The summed E-state index contributed by atoms with van der Waals surface area (Å²) < 4.78 is 11.7. The third kappa shape index (κ3) is 4.75. The van der Waals surface area contributed by atoms with E-state index in [0.29, 0.717) is 23.7 Å². The Morgan fingerprint density at radius 2 is 0.938 bits per heavy atom. The van der Waals surface area contributed by atoms with Gasteiger partial charge in [-0.3, -0.25) is 0 Å². The Hall–Kier alpha value is -4.20. The molecule has 0 radical (unpaired) electrons. The molecule has 160 valence electrons. The maximum absolute atomic E-state index is 5.84. The minimum Gasteiger partial charge on any atom is -0.439 e. The van der Waals surface area contributed by atoms with Crippen LogP contribution in [0.3, 0.4) is 0 Å². The number of ether oxygens (including phenoxy) is 2. The van der Waals surface area contributed by atoms with Gasteiger partial charge < -0.3 is 19.3 Å². The minimum atomic E-state index is 0.526. The third-order valence-electron chi connectivity index (χ3n) is 5.01. The smallest absolute Gasteiger partial charge is 0.228 e. The zero-order valence-corrected chi connectivity index (χ0v) is 17.4. The van der Waals surface area contributed by atoms with E-state index in [-0.39, 0.29) is 0 Å². The molecule has 0 spiro atoms. The van der Waals surface area contributed by atoms with Crippen LogP contribution >= 0.6 is 0 Å². The van der Waals surface area contributed by atoms with Crippen LogP contribution in [0.1, 0.15) is 0 Å². The Balaban J connectivity index is 1.22. The first kappa shape index (κ1) is 19.7. The number of para-hydroxylation sites is 2. The highest BCUT2D eigenvalue weighted by atomic mass is 16.5. The number of aromatic nitrogens is 4. The van der Waals surface area contributed by atoms with Crippen molar-refractivity contribution in [3.8, 4) is 23.3 Å². The Morgan fingerprint density at radius 3 is 1.34 bits per heavy atom. The first-order valence-electron chi connectivity index (χ1n) is 10.5. The Bertz CT molecular complexity index is 1060. The van der Waals surface area contributed by atoms with Crippen molar-refractivity contribution in [1.29, 1.82) is 0 Å². The summed E-state index contributed by atoms with van der Waals surface area (Å²) in [6.07, 6.45) is 3.45. The third-order valence-corrected chi connectivity index (χ3v) is 5.01. The molecule has 0 N–H and O–H groups in total. The van der Waals surface area contributed by atoms with Crippen LogP contribution in [-0.4, -0.2) is 46.1 Å².